The minimum Gasteiger partial charge on any atom is -0.370 e. The summed E-state index contributed by atoms with van der Waals surface area (Å²) < 4.78 is 0. The summed E-state index contributed by atoms with van der Waals surface area (Å²) in [5, 5.41) is 3.34. The van der Waals surface area contributed by atoms with E-state index in [-0.39, 0.29) is 18.3 Å². The first-order valence-corrected chi connectivity index (χ1v) is 4.73. The third-order valence-corrected chi connectivity index (χ3v) is 2.75. The normalized spacial score (nSPS) is 27.8. The van der Waals surface area contributed by atoms with Gasteiger partial charge in [-0.05, 0) is 31.3 Å². The van der Waals surface area contributed by atoms with E-state index in [2.05, 4.69) is 12.2 Å². The average molecular weight is 207 g/mol. The van der Waals surface area contributed by atoms with Crippen LogP contribution in [0.1, 0.15) is 26.2 Å². The number of hydrogen-bond donors (Lipinski definition) is 2. The topological polar surface area (TPSA) is 55.1 Å². The van der Waals surface area contributed by atoms with E-state index in [0.717, 1.165) is 25.9 Å². The fourth-order valence-electron chi connectivity index (χ4n) is 1.98. The first-order valence-electron chi connectivity index (χ1n) is 4.73. The van der Waals surface area contributed by atoms with Crippen LogP contribution < -0.4 is 11.1 Å². The molecule has 78 valence electrons. The van der Waals surface area contributed by atoms with Gasteiger partial charge in [-0.3, -0.25) is 4.79 Å². The van der Waals surface area contributed by atoms with Crippen LogP contribution >= 0.6 is 12.4 Å². The number of carbonyl (C=O) groups is 1. The maximum absolute atomic E-state index is 10.7. The van der Waals surface area contributed by atoms with Gasteiger partial charge in [0.2, 0.25) is 5.91 Å². The Morgan fingerprint density at radius 3 is 2.77 bits per heavy atom. The van der Waals surface area contributed by atoms with Crippen molar-refractivity contribution in [1.29, 1.82) is 0 Å². The van der Waals surface area contributed by atoms with E-state index in [1.807, 2.05) is 0 Å². The second kappa shape index (κ2) is 6.22. The lowest BCUT2D eigenvalue weighted by atomic mass is 9.82. The summed E-state index contributed by atoms with van der Waals surface area (Å²) in [5.74, 6) is 1.01. The number of nitrogens with one attached hydrogen (secondary N) is 1. The zero-order valence-electron chi connectivity index (χ0n) is 8.08. The third-order valence-electron chi connectivity index (χ3n) is 2.75. The molecule has 0 saturated carbocycles. The highest BCUT2D eigenvalue weighted by Gasteiger charge is 2.24. The monoisotopic (exact) mass is 206 g/mol. The van der Waals surface area contributed by atoms with E-state index < -0.39 is 0 Å². The van der Waals surface area contributed by atoms with Crippen LogP contribution in [0.4, 0.5) is 0 Å². The number of nitrogens with two attached hydrogens (primary N) is 1. The molecule has 0 spiro atoms. The van der Waals surface area contributed by atoms with Crippen molar-refractivity contribution in [3.05, 3.63) is 0 Å². The molecule has 1 rings (SSSR count). The van der Waals surface area contributed by atoms with Gasteiger partial charge in [0.1, 0.15) is 0 Å². The Morgan fingerprint density at radius 1 is 1.54 bits per heavy atom. The van der Waals surface area contributed by atoms with Crippen molar-refractivity contribution >= 4 is 18.3 Å². The Bertz CT molecular complexity index is 164. The molecule has 1 amide bonds. The van der Waals surface area contributed by atoms with Crippen LogP contribution in [0.3, 0.4) is 0 Å². The van der Waals surface area contributed by atoms with E-state index in [1.54, 1.807) is 0 Å². The lowest BCUT2D eigenvalue weighted by Gasteiger charge is -2.30. The minimum absolute atomic E-state index is 0. The summed E-state index contributed by atoms with van der Waals surface area (Å²) in [7, 11) is 0. The molecule has 0 aromatic carbocycles. The zero-order valence-corrected chi connectivity index (χ0v) is 8.90. The molecule has 13 heavy (non-hydrogen) atoms. The summed E-state index contributed by atoms with van der Waals surface area (Å²) in [6.07, 6.45) is 2.81. The molecular formula is C9H19ClN2O. The predicted octanol–water partition coefficient (Wildman–Crippen LogP) is 0.919. The second-order valence-electron chi connectivity index (χ2n) is 3.59. The molecule has 3 nitrogen and oxygen atoms in total. The van der Waals surface area contributed by atoms with Crippen molar-refractivity contribution in [3.8, 4) is 0 Å². The van der Waals surface area contributed by atoms with Gasteiger partial charge in [0.25, 0.3) is 0 Å². The number of piperidine rings is 1. The van der Waals surface area contributed by atoms with Crippen LogP contribution in [0.5, 0.6) is 0 Å². The highest BCUT2D eigenvalue weighted by Crippen LogP contribution is 2.24. The maximum Gasteiger partial charge on any atom is 0.217 e. The van der Waals surface area contributed by atoms with Crippen molar-refractivity contribution in [2.24, 2.45) is 17.6 Å². The first-order chi connectivity index (χ1) is 5.74. The second-order valence-corrected chi connectivity index (χ2v) is 3.59. The van der Waals surface area contributed by atoms with Crippen molar-refractivity contribution in [2.75, 3.05) is 13.1 Å². The fraction of sp³-hybridized carbons (Fsp3) is 0.889. The standard InChI is InChI=1S/C9H18N2O.ClH/c1-2-7-6-11-4-3-8(7)5-9(10)12;/h7-8,11H,2-6H2,1H3,(H2,10,12);1H/t7-,8-;/m0./s1. The van der Waals surface area contributed by atoms with Gasteiger partial charge in [-0.25, -0.2) is 0 Å². The molecule has 0 radical (unpaired) electrons. The van der Waals surface area contributed by atoms with Gasteiger partial charge >= 0.3 is 0 Å². The van der Waals surface area contributed by atoms with Gasteiger partial charge < -0.3 is 11.1 Å². The quantitative estimate of drug-likeness (QED) is 0.722. The molecule has 0 aromatic heterocycles. The summed E-state index contributed by atoms with van der Waals surface area (Å²) in [6, 6.07) is 0. The molecule has 0 unspecified atom stereocenters. The number of amides is 1. The van der Waals surface area contributed by atoms with Gasteiger partial charge in [0.15, 0.2) is 0 Å². The molecule has 1 aliphatic heterocycles. The van der Waals surface area contributed by atoms with E-state index in [0.29, 0.717) is 18.3 Å². The number of halogens is 1. The molecule has 4 heteroatoms. The lowest BCUT2D eigenvalue weighted by Crippen LogP contribution is -2.38. The lowest BCUT2D eigenvalue weighted by molar-refractivity contribution is -0.119. The van der Waals surface area contributed by atoms with Gasteiger partial charge in [0, 0.05) is 6.42 Å². The first kappa shape index (κ1) is 12.7. The number of carbonyl (C=O) groups excluding carboxylic acids is 1. The van der Waals surface area contributed by atoms with Gasteiger partial charge in [0.05, 0.1) is 0 Å². The van der Waals surface area contributed by atoms with Gasteiger partial charge in [-0.1, -0.05) is 13.3 Å². The predicted molar refractivity (Wildman–Crippen MR) is 55.8 cm³/mol. The van der Waals surface area contributed by atoms with Crippen molar-refractivity contribution < 1.29 is 4.79 Å². The molecule has 1 aliphatic rings. The molecule has 1 saturated heterocycles. The third kappa shape index (κ3) is 3.96. The van der Waals surface area contributed by atoms with E-state index in [9.17, 15) is 4.79 Å². The molecule has 0 aliphatic carbocycles. The molecule has 1 heterocycles. The number of primary amides is 1. The molecule has 0 aromatic rings. The number of hydrogen-bond acceptors (Lipinski definition) is 2. The average Bonchev–Trinajstić information content (AvgIpc) is 2.04. The van der Waals surface area contributed by atoms with Crippen LogP contribution in [0.15, 0.2) is 0 Å². The van der Waals surface area contributed by atoms with Gasteiger partial charge in [-0.15, -0.1) is 12.4 Å². The van der Waals surface area contributed by atoms with E-state index >= 15 is 0 Å². The van der Waals surface area contributed by atoms with Crippen molar-refractivity contribution in [3.63, 3.8) is 0 Å². The Hall–Kier alpha value is -0.280. The van der Waals surface area contributed by atoms with Crippen LogP contribution in [0, 0.1) is 11.8 Å². The van der Waals surface area contributed by atoms with Crippen LogP contribution in [-0.2, 0) is 4.79 Å². The van der Waals surface area contributed by atoms with E-state index in [1.165, 1.54) is 0 Å². The Kier molecular flexibility index (Phi) is 6.08. The molecular weight excluding hydrogens is 188 g/mol. The Labute approximate surface area is 85.9 Å². The van der Waals surface area contributed by atoms with Crippen LogP contribution in [0.25, 0.3) is 0 Å². The van der Waals surface area contributed by atoms with Crippen LogP contribution in [-0.4, -0.2) is 19.0 Å². The van der Waals surface area contributed by atoms with Crippen molar-refractivity contribution in [2.45, 2.75) is 26.2 Å². The van der Waals surface area contributed by atoms with Crippen LogP contribution in [0.2, 0.25) is 0 Å². The summed E-state index contributed by atoms with van der Waals surface area (Å²) in [5.41, 5.74) is 5.18. The Balaban J connectivity index is 0.00000144. The Morgan fingerprint density at radius 2 is 2.23 bits per heavy atom. The van der Waals surface area contributed by atoms with E-state index in [4.69, 9.17) is 5.73 Å². The number of rotatable bonds is 3. The molecule has 0 bridgehead atoms. The highest BCUT2D eigenvalue weighted by molar-refractivity contribution is 5.85. The van der Waals surface area contributed by atoms with Crippen molar-refractivity contribution in [1.82, 2.24) is 5.32 Å². The summed E-state index contributed by atoms with van der Waals surface area (Å²) >= 11 is 0. The largest absolute Gasteiger partial charge is 0.370 e. The maximum atomic E-state index is 10.7. The molecule has 1 fully saturated rings. The molecule has 3 N–H and O–H groups in total. The zero-order chi connectivity index (χ0) is 8.97. The van der Waals surface area contributed by atoms with Gasteiger partial charge in [-0.2, -0.15) is 0 Å². The molecule has 2 atom stereocenters. The smallest absolute Gasteiger partial charge is 0.217 e. The summed E-state index contributed by atoms with van der Waals surface area (Å²) in [6.45, 7) is 4.26. The fourth-order valence-corrected chi connectivity index (χ4v) is 1.98. The SMILES string of the molecule is CC[C@H]1CNCC[C@H]1CC(N)=O.Cl. The highest BCUT2D eigenvalue weighted by atomic mass is 35.5. The summed E-state index contributed by atoms with van der Waals surface area (Å²) in [4.78, 5) is 10.7. The minimum atomic E-state index is -0.152.